The van der Waals surface area contributed by atoms with Crippen LogP contribution in [-0.2, 0) is 0 Å². The summed E-state index contributed by atoms with van der Waals surface area (Å²) in [5.41, 5.74) is 1.70. The molecule has 1 unspecified atom stereocenters. The van der Waals surface area contributed by atoms with E-state index in [9.17, 15) is 4.79 Å². The standard InChI is InChI=1S/C17H14ClN3OS/c1-11(12-5-3-2-4-6-12)16-20-21-17(23-16)19-15(22)13-7-9-14(18)10-8-13/h2-11H,1H3,(H,19,21,22). The fourth-order valence-corrected chi connectivity index (χ4v) is 3.06. The van der Waals surface area contributed by atoms with Crippen LogP contribution < -0.4 is 5.32 Å². The zero-order valence-electron chi connectivity index (χ0n) is 12.4. The minimum absolute atomic E-state index is 0.134. The van der Waals surface area contributed by atoms with Crippen LogP contribution in [0.5, 0.6) is 0 Å². The van der Waals surface area contributed by atoms with E-state index in [1.807, 2.05) is 18.2 Å². The Morgan fingerprint density at radius 1 is 1.09 bits per heavy atom. The molecule has 2 aromatic carbocycles. The summed E-state index contributed by atoms with van der Waals surface area (Å²) < 4.78 is 0. The number of rotatable bonds is 4. The minimum atomic E-state index is -0.225. The van der Waals surface area contributed by atoms with E-state index in [0.717, 1.165) is 5.01 Å². The lowest BCUT2D eigenvalue weighted by atomic mass is 10.0. The molecule has 3 aromatic rings. The van der Waals surface area contributed by atoms with Crippen LogP contribution in [0.3, 0.4) is 0 Å². The van der Waals surface area contributed by atoms with Crippen LogP contribution in [0.1, 0.15) is 33.8 Å². The Morgan fingerprint density at radius 2 is 1.78 bits per heavy atom. The Labute approximate surface area is 143 Å². The molecule has 23 heavy (non-hydrogen) atoms. The highest BCUT2D eigenvalue weighted by molar-refractivity contribution is 7.15. The Balaban J connectivity index is 1.72. The van der Waals surface area contributed by atoms with Crippen LogP contribution in [0.25, 0.3) is 0 Å². The number of hydrogen-bond donors (Lipinski definition) is 1. The van der Waals surface area contributed by atoms with E-state index in [4.69, 9.17) is 11.6 Å². The number of hydrogen-bond acceptors (Lipinski definition) is 4. The second kappa shape index (κ2) is 6.89. The van der Waals surface area contributed by atoms with Crippen molar-refractivity contribution in [1.82, 2.24) is 10.2 Å². The number of anilines is 1. The van der Waals surface area contributed by atoms with Crippen LogP contribution in [-0.4, -0.2) is 16.1 Å². The summed E-state index contributed by atoms with van der Waals surface area (Å²) in [6.45, 7) is 2.07. The van der Waals surface area contributed by atoms with E-state index in [0.29, 0.717) is 15.7 Å². The first-order valence-electron chi connectivity index (χ1n) is 7.09. The predicted molar refractivity (Wildman–Crippen MR) is 93.3 cm³/mol. The van der Waals surface area contributed by atoms with Gasteiger partial charge < -0.3 is 0 Å². The van der Waals surface area contributed by atoms with Gasteiger partial charge in [-0.2, -0.15) is 0 Å². The third-order valence-corrected chi connectivity index (χ3v) is 4.71. The third kappa shape index (κ3) is 3.75. The molecule has 1 atom stereocenters. The van der Waals surface area contributed by atoms with E-state index in [1.165, 1.54) is 16.9 Å². The minimum Gasteiger partial charge on any atom is -0.296 e. The lowest BCUT2D eigenvalue weighted by Crippen LogP contribution is -2.11. The molecule has 0 saturated carbocycles. The topological polar surface area (TPSA) is 54.9 Å². The zero-order chi connectivity index (χ0) is 16.2. The molecule has 3 rings (SSSR count). The quantitative estimate of drug-likeness (QED) is 0.753. The van der Waals surface area contributed by atoms with Crippen molar-refractivity contribution in [2.24, 2.45) is 0 Å². The molecule has 0 aliphatic rings. The summed E-state index contributed by atoms with van der Waals surface area (Å²) in [6, 6.07) is 16.8. The van der Waals surface area contributed by atoms with Gasteiger partial charge in [0.15, 0.2) is 0 Å². The molecule has 0 spiro atoms. The molecule has 1 N–H and O–H groups in total. The molecule has 0 aliphatic carbocycles. The highest BCUT2D eigenvalue weighted by atomic mass is 35.5. The molecule has 1 amide bonds. The predicted octanol–water partition coefficient (Wildman–Crippen LogP) is 4.60. The maximum Gasteiger partial charge on any atom is 0.257 e. The second-order valence-corrected chi connectivity index (χ2v) is 6.48. The van der Waals surface area contributed by atoms with Crippen LogP contribution in [0.2, 0.25) is 5.02 Å². The SMILES string of the molecule is CC(c1ccccc1)c1nnc(NC(=O)c2ccc(Cl)cc2)s1. The van der Waals surface area contributed by atoms with E-state index >= 15 is 0 Å². The molecule has 0 fully saturated rings. The first kappa shape index (κ1) is 15.6. The Kier molecular flexibility index (Phi) is 4.69. The van der Waals surface area contributed by atoms with Gasteiger partial charge in [-0.3, -0.25) is 10.1 Å². The summed E-state index contributed by atoms with van der Waals surface area (Å²) in [6.07, 6.45) is 0. The van der Waals surface area contributed by atoms with Crippen LogP contribution in [0, 0.1) is 0 Å². The van der Waals surface area contributed by atoms with Crippen molar-refractivity contribution < 1.29 is 4.79 Å². The Morgan fingerprint density at radius 3 is 2.48 bits per heavy atom. The number of amides is 1. The first-order valence-corrected chi connectivity index (χ1v) is 8.28. The monoisotopic (exact) mass is 343 g/mol. The van der Waals surface area contributed by atoms with Gasteiger partial charge >= 0.3 is 0 Å². The van der Waals surface area contributed by atoms with E-state index in [2.05, 4.69) is 34.6 Å². The number of nitrogens with zero attached hydrogens (tertiary/aromatic N) is 2. The van der Waals surface area contributed by atoms with Crippen molar-refractivity contribution in [2.75, 3.05) is 5.32 Å². The molecule has 0 saturated heterocycles. The third-order valence-electron chi connectivity index (χ3n) is 3.44. The van der Waals surface area contributed by atoms with Gasteiger partial charge in [-0.15, -0.1) is 10.2 Å². The van der Waals surface area contributed by atoms with Gasteiger partial charge in [0.05, 0.1) is 0 Å². The average Bonchev–Trinajstić information content (AvgIpc) is 3.04. The van der Waals surface area contributed by atoms with Crippen LogP contribution in [0.4, 0.5) is 5.13 Å². The lowest BCUT2D eigenvalue weighted by molar-refractivity contribution is 0.102. The number of aromatic nitrogens is 2. The first-order chi connectivity index (χ1) is 11.1. The number of benzene rings is 2. The summed E-state index contributed by atoms with van der Waals surface area (Å²) in [5.74, 6) is -0.0911. The normalized spacial score (nSPS) is 11.9. The fraction of sp³-hybridized carbons (Fsp3) is 0.118. The van der Waals surface area contributed by atoms with Gasteiger partial charge in [-0.05, 0) is 29.8 Å². The number of halogens is 1. The van der Waals surface area contributed by atoms with E-state index in [-0.39, 0.29) is 11.8 Å². The number of nitrogens with one attached hydrogen (secondary N) is 1. The van der Waals surface area contributed by atoms with E-state index < -0.39 is 0 Å². The largest absolute Gasteiger partial charge is 0.296 e. The molecule has 116 valence electrons. The van der Waals surface area contributed by atoms with E-state index in [1.54, 1.807) is 24.3 Å². The molecule has 0 bridgehead atoms. The average molecular weight is 344 g/mol. The van der Waals surface area contributed by atoms with Gasteiger partial charge in [0.25, 0.3) is 5.91 Å². The summed E-state index contributed by atoms with van der Waals surface area (Å²) >= 11 is 7.20. The van der Waals surface area contributed by atoms with Gasteiger partial charge in [-0.25, -0.2) is 0 Å². The van der Waals surface area contributed by atoms with Crippen molar-refractivity contribution in [3.8, 4) is 0 Å². The molecule has 1 aromatic heterocycles. The van der Waals surface area contributed by atoms with Crippen molar-refractivity contribution in [1.29, 1.82) is 0 Å². The van der Waals surface area contributed by atoms with Gasteiger partial charge in [-0.1, -0.05) is 60.2 Å². The van der Waals surface area contributed by atoms with Crippen LogP contribution >= 0.6 is 22.9 Å². The summed E-state index contributed by atoms with van der Waals surface area (Å²) in [4.78, 5) is 12.2. The molecule has 4 nitrogen and oxygen atoms in total. The van der Waals surface area contributed by atoms with Crippen molar-refractivity contribution in [3.63, 3.8) is 0 Å². The molecule has 6 heteroatoms. The number of carbonyl (C=O) groups excluding carboxylic acids is 1. The van der Waals surface area contributed by atoms with Crippen molar-refractivity contribution in [3.05, 3.63) is 75.8 Å². The summed E-state index contributed by atoms with van der Waals surface area (Å²) in [5, 5.41) is 13.0. The number of carbonyl (C=O) groups is 1. The maximum atomic E-state index is 12.2. The maximum absolute atomic E-state index is 12.2. The van der Waals surface area contributed by atoms with Gasteiger partial charge in [0.2, 0.25) is 5.13 Å². The van der Waals surface area contributed by atoms with Crippen molar-refractivity contribution in [2.45, 2.75) is 12.8 Å². The second-order valence-electron chi connectivity index (χ2n) is 5.04. The smallest absolute Gasteiger partial charge is 0.257 e. The zero-order valence-corrected chi connectivity index (χ0v) is 13.9. The van der Waals surface area contributed by atoms with Gasteiger partial charge in [0, 0.05) is 16.5 Å². The molecule has 0 radical (unpaired) electrons. The molecule has 1 heterocycles. The van der Waals surface area contributed by atoms with Gasteiger partial charge in [0.1, 0.15) is 5.01 Å². The highest BCUT2D eigenvalue weighted by Crippen LogP contribution is 2.28. The highest BCUT2D eigenvalue weighted by Gasteiger charge is 2.15. The van der Waals surface area contributed by atoms with Crippen LogP contribution in [0.15, 0.2) is 54.6 Å². The van der Waals surface area contributed by atoms with Crippen molar-refractivity contribution >= 4 is 34.0 Å². The molecular formula is C17H14ClN3OS. The fourth-order valence-electron chi connectivity index (χ4n) is 2.11. The lowest BCUT2D eigenvalue weighted by Gasteiger charge is -2.06. The molecular weight excluding hydrogens is 330 g/mol. The Hall–Kier alpha value is -2.24. The Bertz CT molecular complexity index is 802. The molecule has 0 aliphatic heterocycles. The summed E-state index contributed by atoms with van der Waals surface area (Å²) in [7, 11) is 0.